The third kappa shape index (κ3) is 1.86. The van der Waals surface area contributed by atoms with E-state index < -0.39 is 18.1 Å². The van der Waals surface area contributed by atoms with Gasteiger partial charge in [-0.3, -0.25) is 4.79 Å². The Morgan fingerprint density at radius 2 is 1.91 bits per heavy atom. The summed E-state index contributed by atoms with van der Waals surface area (Å²) in [6, 6.07) is 2.94. The van der Waals surface area contributed by atoms with Crippen molar-refractivity contribution < 1.29 is 12.9 Å². The number of aromatic nitrogens is 1. The van der Waals surface area contributed by atoms with Gasteiger partial charge in [-0.25, -0.2) is 0 Å². The van der Waals surface area contributed by atoms with Crippen molar-refractivity contribution in [2.45, 2.75) is 0 Å². The molecule has 1 N–H and O–H groups in total. The fourth-order valence-corrected chi connectivity index (χ4v) is 0.656. The molecule has 0 saturated carbocycles. The van der Waals surface area contributed by atoms with E-state index in [1.165, 1.54) is 0 Å². The molecule has 6 heteroatoms. The summed E-state index contributed by atoms with van der Waals surface area (Å²) in [5.41, 5.74) is -1.70. The second-order valence-corrected chi connectivity index (χ2v) is 2.05. The topological polar surface area (TPSA) is 32.9 Å². The van der Waals surface area contributed by atoms with Gasteiger partial charge < -0.3 is 17.9 Å². The van der Waals surface area contributed by atoms with E-state index in [2.05, 4.69) is 0 Å². The van der Waals surface area contributed by atoms with Crippen LogP contribution in [0.1, 0.15) is 0 Å². The molecule has 0 fully saturated rings. The maximum Gasteiger partial charge on any atom is 0.525 e. The highest BCUT2D eigenvalue weighted by Gasteiger charge is 2.26. The number of pyridine rings is 1. The average Bonchev–Trinajstić information content (AvgIpc) is 1.86. The van der Waals surface area contributed by atoms with Gasteiger partial charge in [0.15, 0.2) is 0 Å². The number of hydrogen-bond donors (Lipinski definition) is 1. The molecule has 0 spiro atoms. The molecule has 0 aliphatic rings. The Bertz CT molecular complexity index is 305. The second-order valence-electron chi connectivity index (χ2n) is 2.05. The second kappa shape index (κ2) is 2.45. The Hall–Kier alpha value is -1.20. The van der Waals surface area contributed by atoms with E-state index in [-0.39, 0.29) is 0 Å². The van der Waals surface area contributed by atoms with E-state index in [1.54, 1.807) is 4.98 Å². The molecule has 1 rings (SSSR count). The summed E-state index contributed by atoms with van der Waals surface area (Å²) in [4.78, 5) is 12.1. The first kappa shape index (κ1) is 7.91. The van der Waals surface area contributed by atoms with Crippen LogP contribution in [0.15, 0.2) is 23.0 Å². The highest BCUT2D eigenvalue weighted by molar-refractivity contribution is 6.72. The quantitative estimate of drug-likeness (QED) is 0.596. The Morgan fingerprint density at radius 1 is 1.27 bits per heavy atom. The fourth-order valence-electron chi connectivity index (χ4n) is 0.656. The summed E-state index contributed by atoms with van der Waals surface area (Å²) in [7, 11) is 0. The molecule has 0 amide bonds. The summed E-state index contributed by atoms with van der Waals surface area (Å²) in [6.45, 7) is -5.08. The normalized spacial score (nSPS) is 11.5. The minimum Gasteiger partial charge on any atom is -0.444 e. The summed E-state index contributed by atoms with van der Waals surface area (Å²) < 4.78 is 35.6. The largest absolute Gasteiger partial charge is 0.525 e. The first-order valence-corrected chi connectivity index (χ1v) is 2.89. The third-order valence-electron chi connectivity index (χ3n) is 1.14. The molecule has 0 aliphatic heterocycles. The van der Waals surface area contributed by atoms with Gasteiger partial charge in [-0.1, -0.05) is 12.1 Å². The molecule has 0 radical (unpaired) electrons. The van der Waals surface area contributed by atoms with E-state index in [0.29, 0.717) is 0 Å². The smallest absolute Gasteiger partial charge is 0.444 e. The molecule has 11 heavy (non-hydrogen) atoms. The van der Waals surface area contributed by atoms with Crippen LogP contribution in [0.25, 0.3) is 0 Å². The fraction of sp³-hybridized carbons (Fsp3) is 0. The van der Waals surface area contributed by atoms with Crippen LogP contribution in [-0.4, -0.2) is 12.0 Å². The highest BCUT2D eigenvalue weighted by atomic mass is 19.4. The van der Waals surface area contributed by atoms with Crippen molar-refractivity contribution in [2.75, 3.05) is 0 Å². The van der Waals surface area contributed by atoms with Crippen LogP contribution in [-0.2, 0) is 0 Å². The van der Waals surface area contributed by atoms with Gasteiger partial charge in [0, 0.05) is 6.07 Å². The lowest BCUT2D eigenvalue weighted by atomic mass is 9.86. The van der Waals surface area contributed by atoms with Crippen molar-refractivity contribution in [3.05, 3.63) is 28.6 Å². The molecule has 1 aromatic heterocycles. The van der Waals surface area contributed by atoms with E-state index >= 15 is 0 Å². The summed E-state index contributed by atoms with van der Waals surface area (Å²) in [5, 5.41) is 0. The van der Waals surface area contributed by atoms with Gasteiger partial charge in [-0.15, -0.1) is 0 Å². The van der Waals surface area contributed by atoms with Gasteiger partial charge in [0.2, 0.25) is 5.56 Å². The summed E-state index contributed by atoms with van der Waals surface area (Å²) in [5.74, 6) is 0. The van der Waals surface area contributed by atoms with Crippen molar-refractivity contribution in [3.63, 3.8) is 0 Å². The van der Waals surface area contributed by atoms with Crippen molar-refractivity contribution in [1.29, 1.82) is 0 Å². The Kier molecular flexibility index (Phi) is 1.76. The van der Waals surface area contributed by atoms with Gasteiger partial charge in [-0.2, -0.15) is 0 Å². The van der Waals surface area contributed by atoms with E-state index in [1.807, 2.05) is 0 Å². The molecule has 0 unspecified atom stereocenters. The number of nitrogens with one attached hydrogen (secondary N) is 1. The van der Waals surface area contributed by atoms with Gasteiger partial charge in [0.05, 0.1) is 0 Å². The van der Waals surface area contributed by atoms with Gasteiger partial charge >= 0.3 is 6.98 Å². The van der Waals surface area contributed by atoms with Crippen LogP contribution in [0.5, 0.6) is 0 Å². The maximum absolute atomic E-state index is 11.9. The Labute approximate surface area is 60.1 Å². The van der Waals surface area contributed by atoms with Crippen molar-refractivity contribution in [3.8, 4) is 0 Å². The molecule has 2 nitrogen and oxygen atoms in total. The Morgan fingerprint density at radius 3 is 2.27 bits per heavy atom. The molecule has 0 aromatic carbocycles. The molecule has 1 aromatic rings. The standard InChI is InChI=1S/C5H4BF3NO/c7-6(8,9)4-2-1-3-5(11)10-4/h1-3H,(H,10,11)/q-1. The molecule has 0 saturated heterocycles. The first-order chi connectivity index (χ1) is 5.00. The van der Waals surface area contributed by atoms with Gasteiger partial charge in [0.25, 0.3) is 0 Å². The lowest BCUT2D eigenvalue weighted by Crippen LogP contribution is -2.39. The van der Waals surface area contributed by atoms with E-state index in [9.17, 15) is 17.7 Å². The minimum atomic E-state index is -5.08. The zero-order chi connectivity index (χ0) is 8.48. The molecular weight excluding hydrogens is 158 g/mol. The van der Waals surface area contributed by atoms with Crippen LogP contribution in [0.4, 0.5) is 12.9 Å². The lowest BCUT2D eigenvalue weighted by Gasteiger charge is -2.12. The minimum absolute atomic E-state index is 0.735. The molecular formula is C5H4BF3NO-. The molecule has 0 atom stereocenters. The molecule has 60 valence electrons. The zero-order valence-corrected chi connectivity index (χ0v) is 5.35. The lowest BCUT2D eigenvalue weighted by molar-refractivity contribution is 0.498. The third-order valence-corrected chi connectivity index (χ3v) is 1.14. The first-order valence-electron chi connectivity index (χ1n) is 2.89. The molecule has 0 bridgehead atoms. The highest BCUT2D eigenvalue weighted by Crippen LogP contribution is 2.04. The monoisotopic (exact) mass is 162 g/mol. The van der Waals surface area contributed by atoms with Gasteiger partial charge in [0.1, 0.15) is 0 Å². The SMILES string of the molecule is O=c1cccc([B-](F)(F)F)[nH]1. The summed E-state index contributed by atoms with van der Waals surface area (Å²) >= 11 is 0. The van der Waals surface area contributed by atoms with Crippen molar-refractivity contribution in [2.24, 2.45) is 0 Å². The number of aromatic amines is 1. The van der Waals surface area contributed by atoms with Crippen molar-refractivity contribution >= 4 is 12.6 Å². The number of halogens is 3. The van der Waals surface area contributed by atoms with Crippen LogP contribution in [0, 0.1) is 0 Å². The molecule has 1 heterocycles. The van der Waals surface area contributed by atoms with E-state index in [4.69, 9.17) is 0 Å². The van der Waals surface area contributed by atoms with Crippen LogP contribution in [0.3, 0.4) is 0 Å². The predicted octanol–water partition coefficient (Wildman–Crippen LogP) is 0.429. The number of H-pyrrole nitrogens is 1. The summed E-state index contributed by atoms with van der Waals surface area (Å²) in [6.07, 6.45) is 0. The number of hydrogen-bond acceptors (Lipinski definition) is 1. The van der Waals surface area contributed by atoms with Crippen LogP contribution >= 0.6 is 0 Å². The van der Waals surface area contributed by atoms with Crippen LogP contribution in [0.2, 0.25) is 0 Å². The zero-order valence-electron chi connectivity index (χ0n) is 5.35. The van der Waals surface area contributed by atoms with Crippen molar-refractivity contribution in [1.82, 2.24) is 4.98 Å². The predicted molar refractivity (Wildman–Crippen MR) is 35.8 cm³/mol. The van der Waals surface area contributed by atoms with Crippen LogP contribution < -0.4 is 11.2 Å². The van der Waals surface area contributed by atoms with Gasteiger partial charge in [-0.05, 0) is 5.59 Å². The number of rotatable bonds is 1. The average molecular weight is 162 g/mol. The molecule has 0 aliphatic carbocycles. The van der Waals surface area contributed by atoms with E-state index in [0.717, 1.165) is 18.2 Å². The Balaban J connectivity index is 3.16. The maximum atomic E-state index is 11.9.